The van der Waals surface area contributed by atoms with Crippen LogP contribution in [0.25, 0.3) is 0 Å². The van der Waals surface area contributed by atoms with E-state index in [0.717, 1.165) is 5.56 Å². The molecule has 0 fully saturated rings. The zero-order chi connectivity index (χ0) is 13.9. The van der Waals surface area contributed by atoms with Gasteiger partial charge < -0.3 is 9.42 Å². The minimum Gasteiger partial charge on any atom is -0.425 e. The highest BCUT2D eigenvalue weighted by atomic mass is 31.2. The predicted octanol–water partition coefficient (Wildman–Crippen LogP) is 4.03. The molecule has 2 atom stereocenters. The molecule has 0 saturated heterocycles. The van der Waals surface area contributed by atoms with E-state index in [9.17, 15) is 4.57 Å². The van der Waals surface area contributed by atoms with Crippen LogP contribution >= 0.6 is 7.60 Å². The van der Waals surface area contributed by atoms with Gasteiger partial charge in [-0.25, -0.2) is 4.57 Å². The molecule has 0 aromatic heterocycles. The molecule has 0 bridgehead atoms. The van der Waals surface area contributed by atoms with Gasteiger partial charge in [-0.15, -0.1) is 0 Å². The van der Waals surface area contributed by atoms with Gasteiger partial charge in [-0.3, -0.25) is 0 Å². The van der Waals surface area contributed by atoms with Gasteiger partial charge in [0.25, 0.3) is 0 Å². The minimum absolute atomic E-state index is 0.276. The zero-order valence-electron chi connectivity index (χ0n) is 11.0. The fourth-order valence-corrected chi connectivity index (χ4v) is 2.46. The van der Waals surface area contributed by atoms with E-state index in [-0.39, 0.29) is 5.92 Å². The van der Waals surface area contributed by atoms with Crippen LogP contribution in [0.4, 0.5) is 0 Å². The lowest BCUT2D eigenvalue weighted by atomic mass is 9.93. The predicted molar refractivity (Wildman–Crippen MR) is 76.8 cm³/mol. The standard InChI is InChI=1S/C15H17O3P/c1-12(13-6-4-3-5-7-13)14-8-10-15(11-9-14)18-19(2,16)17/h3-12H,1-2H3,(H,16,17). The van der Waals surface area contributed by atoms with Crippen molar-refractivity contribution in [3.8, 4) is 5.75 Å². The van der Waals surface area contributed by atoms with E-state index in [2.05, 4.69) is 19.1 Å². The molecule has 2 aromatic rings. The van der Waals surface area contributed by atoms with Crippen LogP contribution < -0.4 is 4.52 Å². The van der Waals surface area contributed by atoms with E-state index in [0.29, 0.717) is 5.75 Å². The molecule has 4 heteroatoms. The van der Waals surface area contributed by atoms with E-state index < -0.39 is 7.60 Å². The first kappa shape index (κ1) is 13.9. The van der Waals surface area contributed by atoms with Gasteiger partial charge in [0.05, 0.1) is 0 Å². The normalized spacial score (nSPS) is 15.5. The summed E-state index contributed by atoms with van der Waals surface area (Å²) in [4.78, 5) is 9.16. The zero-order valence-corrected chi connectivity index (χ0v) is 11.9. The minimum atomic E-state index is -3.48. The molecule has 3 nitrogen and oxygen atoms in total. The van der Waals surface area contributed by atoms with Crippen molar-refractivity contribution in [1.29, 1.82) is 0 Å². The molecule has 1 N–H and O–H groups in total. The Balaban J connectivity index is 2.17. The summed E-state index contributed by atoms with van der Waals surface area (Å²) in [7, 11) is -3.48. The Morgan fingerprint density at radius 2 is 1.53 bits per heavy atom. The SMILES string of the molecule is CC(c1ccccc1)c1ccc(OP(C)(=O)O)cc1. The Morgan fingerprint density at radius 3 is 2.05 bits per heavy atom. The molecule has 0 aliphatic rings. The van der Waals surface area contributed by atoms with E-state index >= 15 is 0 Å². The van der Waals surface area contributed by atoms with Crippen molar-refractivity contribution in [2.75, 3.05) is 6.66 Å². The highest BCUT2D eigenvalue weighted by molar-refractivity contribution is 7.52. The average molecular weight is 276 g/mol. The van der Waals surface area contributed by atoms with E-state index in [4.69, 9.17) is 9.42 Å². The molecule has 0 radical (unpaired) electrons. The summed E-state index contributed by atoms with van der Waals surface area (Å²) in [6, 6.07) is 17.5. The molecular weight excluding hydrogens is 259 g/mol. The molecule has 19 heavy (non-hydrogen) atoms. The Bertz CT molecular complexity index is 572. The molecule has 0 aliphatic carbocycles. The average Bonchev–Trinajstić information content (AvgIpc) is 2.38. The summed E-state index contributed by atoms with van der Waals surface area (Å²) in [5, 5.41) is 0. The first-order valence-electron chi connectivity index (χ1n) is 6.10. The van der Waals surface area contributed by atoms with Gasteiger partial charge in [0.15, 0.2) is 0 Å². The lowest BCUT2D eigenvalue weighted by Gasteiger charge is -2.14. The highest BCUT2D eigenvalue weighted by Crippen LogP contribution is 2.38. The van der Waals surface area contributed by atoms with Crippen molar-refractivity contribution in [2.45, 2.75) is 12.8 Å². The second-order valence-corrected chi connectivity index (χ2v) is 6.38. The van der Waals surface area contributed by atoms with E-state index in [1.165, 1.54) is 12.2 Å². The number of benzene rings is 2. The van der Waals surface area contributed by atoms with Crippen molar-refractivity contribution in [3.05, 3.63) is 65.7 Å². The first-order chi connectivity index (χ1) is 8.96. The van der Waals surface area contributed by atoms with Gasteiger partial charge in [0.1, 0.15) is 5.75 Å². The number of hydrogen-bond donors (Lipinski definition) is 1. The van der Waals surface area contributed by atoms with Crippen LogP contribution in [0.3, 0.4) is 0 Å². The van der Waals surface area contributed by atoms with Gasteiger partial charge in [-0.05, 0) is 23.3 Å². The lowest BCUT2D eigenvalue weighted by Crippen LogP contribution is -1.96. The summed E-state index contributed by atoms with van der Waals surface area (Å²) in [5.74, 6) is 0.690. The Labute approximate surface area is 113 Å². The molecule has 2 aromatic carbocycles. The molecule has 0 amide bonds. The Morgan fingerprint density at radius 1 is 1.00 bits per heavy atom. The quantitative estimate of drug-likeness (QED) is 0.857. The topological polar surface area (TPSA) is 46.5 Å². The summed E-state index contributed by atoms with van der Waals surface area (Å²) in [6.45, 7) is 3.30. The fourth-order valence-electron chi connectivity index (χ4n) is 1.95. The maximum absolute atomic E-state index is 11.2. The summed E-state index contributed by atoms with van der Waals surface area (Å²) >= 11 is 0. The summed E-state index contributed by atoms with van der Waals surface area (Å²) in [6.07, 6.45) is 0. The molecular formula is C15H17O3P. The van der Waals surface area contributed by atoms with E-state index in [1.54, 1.807) is 12.1 Å². The summed E-state index contributed by atoms with van der Waals surface area (Å²) < 4.78 is 16.1. The second kappa shape index (κ2) is 5.60. The maximum atomic E-state index is 11.2. The fraction of sp³-hybridized carbons (Fsp3) is 0.200. The third kappa shape index (κ3) is 3.95. The van der Waals surface area contributed by atoms with Gasteiger partial charge >= 0.3 is 7.60 Å². The molecule has 0 spiro atoms. The van der Waals surface area contributed by atoms with Crippen LogP contribution in [0.15, 0.2) is 54.6 Å². The number of rotatable bonds is 4. The van der Waals surface area contributed by atoms with Crippen LogP contribution in [-0.2, 0) is 4.57 Å². The molecule has 0 saturated carbocycles. The Kier molecular flexibility index (Phi) is 4.08. The maximum Gasteiger partial charge on any atom is 0.373 e. The third-order valence-corrected chi connectivity index (χ3v) is 3.50. The lowest BCUT2D eigenvalue weighted by molar-refractivity contribution is 0.387. The van der Waals surface area contributed by atoms with Crippen molar-refractivity contribution in [3.63, 3.8) is 0 Å². The van der Waals surface area contributed by atoms with Crippen molar-refractivity contribution < 1.29 is 14.0 Å². The van der Waals surface area contributed by atoms with Crippen LogP contribution in [0, 0.1) is 0 Å². The van der Waals surface area contributed by atoms with Crippen molar-refractivity contribution >= 4 is 7.60 Å². The van der Waals surface area contributed by atoms with Crippen LogP contribution in [0.5, 0.6) is 5.75 Å². The van der Waals surface area contributed by atoms with Crippen molar-refractivity contribution in [1.82, 2.24) is 0 Å². The number of hydrogen-bond acceptors (Lipinski definition) is 2. The molecule has 0 aliphatic heterocycles. The van der Waals surface area contributed by atoms with Crippen LogP contribution in [0.1, 0.15) is 24.0 Å². The first-order valence-corrected chi connectivity index (χ1v) is 8.13. The highest BCUT2D eigenvalue weighted by Gasteiger charge is 2.12. The third-order valence-electron chi connectivity index (χ3n) is 2.95. The molecule has 2 rings (SSSR count). The van der Waals surface area contributed by atoms with Crippen LogP contribution in [0.2, 0.25) is 0 Å². The summed E-state index contributed by atoms with van der Waals surface area (Å²) in [5.41, 5.74) is 2.38. The van der Waals surface area contributed by atoms with Crippen LogP contribution in [-0.4, -0.2) is 11.6 Å². The van der Waals surface area contributed by atoms with Gasteiger partial charge in [-0.1, -0.05) is 49.4 Å². The molecule has 0 heterocycles. The van der Waals surface area contributed by atoms with Crippen molar-refractivity contribution in [2.24, 2.45) is 0 Å². The molecule has 2 unspecified atom stereocenters. The monoisotopic (exact) mass is 276 g/mol. The largest absolute Gasteiger partial charge is 0.425 e. The van der Waals surface area contributed by atoms with Gasteiger partial charge in [0, 0.05) is 12.6 Å². The van der Waals surface area contributed by atoms with Gasteiger partial charge in [0.2, 0.25) is 0 Å². The van der Waals surface area contributed by atoms with Gasteiger partial charge in [-0.2, -0.15) is 0 Å². The molecule has 100 valence electrons. The second-order valence-electron chi connectivity index (χ2n) is 4.60. The smallest absolute Gasteiger partial charge is 0.373 e. The van der Waals surface area contributed by atoms with E-state index in [1.807, 2.05) is 30.3 Å². The Hall–Kier alpha value is -1.57.